The molecular formula is C10H13ClF3NS. The molecule has 6 heteroatoms. The van der Waals surface area contributed by atoms with E-state index >= 15 is 0 Å². The van der Waals surface area contributed by atoms with Crippen LogP contribution in [0.15, 0.2) is 6.20 Å². The maximum absolute atomic E-state index is 12.3. The zero-order valence-corrected chi connectivity index (χ0v) is 10.6. The van der Waals surface area contributed by atoms with E-state index in [-0.39, 0.29) is 5.38 Å². The molecule has 0 saturated heterocycles. The van der Waals surface area contributed by atoms with Gasteiger partial charge in [0.05, 0.1) is 0 Å². The highest BCUT2D eigenvalue weighted by Crippen LogP contribution is 2.33. The van der Waals surface area contributed by atoms with Crippen LogP contribution in [0.25, 0.3) is 0 Å². The summed E-state index contributed by atoms with van der Waals surface area (Å²) >= 11 is 6.72. The highest BCUT2D eigenvalue weighted by molar-refractivity contribution is 7.11. The minimum atomic E-state index is -4.33. The Hall–Kier alpha value is -0.290. The second kappa shape index (κ2) is 5.36. The molecule has 1 heterocycles. The smallest absolute Gasteiger partial charge is 0.240 e. The minimum absolute atomic E-state index is 0.00330. The highest BCUT2D eigenvalue weighted by atomic mass is 35.5. The number of halogens is 4. The lowest BCUT2D eigenvalue weighted by molar-refractivity contribution is -0.137. The number of aromatic nitrogens is 1. The Kier molecular flexibility index (Phi) is 4.62. The average molecular weight is 272 g/mol. The molecule has 0 spiro atoms. The van der Waals surface area contributed by atoms with Gasteiger partial charge >= 0.3 is 6.18 Å². The van der Waals surface area contributed by atoms with Crippen LogP contribution in [0.4, 0.5) is 13.2 Å². The fraction of sp³-hybridized carbons (Fsp3) is 0.700. The normalized spacial score (nSPS) is 14.4. The Morgan fingerprint density at radius 3 is 2.50 bits per heavy atom. The first-order valence-electron chi connectivity index (χ1n) is 4.96. The van der Waals surface area contributed by atoms with Crippen LogP contribution >= 0.6 is 22.9 Å². The number of thiazole rings is 1. The third-order valence-corrected chi connectivity index (χ3v) is 4.01. The third kappa shape index (κ3) is 3.94. The van der Waals surface area contributed by atoms with Gasteiger partial charge in [0.1, 0.15) is 0 Å². The molecule has 1 rings (SSSR count). The first kappa shape index (κ1) is 13.8. The van der Waals surface area contributed by atoms with Crippen molar-refractivity contribution >= 4 is 22.9 Å². The van der Waals surface area contributed by atoms with E-state index in [0.717, 1.165) is 0 Å². The molecule has 1 aromatic rings. The molecule has 0 aliphatic rings. The van der Waals surface area contributed by atoms with Crippen molar-refractivity contribution in [2.24, 2.45) is 5.92 Å². The second-order valence-corrected chi connectivity index (χ2v) is 5.60. The van der Waals surface area contributed by atoms with E-state index < -0.39 is 11.2 Å². The quantitative estimate of drug-likeness (QED) is 0.742. The van der Waals surface area contributed by atoms with Crippen LogP contribution in [-0.2, 0) is 12.6 Å². The third-order valence-electron chi connectivity index (χ3n) is 2.19. The molecule has 0 N–H and O–H groups in total. The van der Waals surface area contributed by atoms with Gasteiger partial charge in [-0.25, -0.2) is 4.98 Å². The Labute approximate surface area is 102 Å². The molecule has 1 atom stereocenters. The molecule has 16 heavy (non-hydrogen) atoms. The number of rotatable bonds is 4. The van der Waals surface area contributed by atoms with Gasteiger partial charge in [0.25, 0.3) is 0 Å². The van der Waals surface area contributed by atoms with Crippen molar-refractivity contribution in [3.05, 3.63) is 16.1 Å². The summed E-state index contributed by atoms with van der Waals surface area (Å²) in [5.74, 6) is 0.330. The fourth-order valence-electron chi connectivity index (χ4n) is 1.17. The molecule has 0 saturated carbocycles. The SMILES string of the molecule is CC(C)C(Cl)CCc1cnc(C(F)(F)F)s1. The summed E-state index contributed by atoms with van der Waals surface area (Å²) in [6.45, 7) is 3.98. The molecule has 0 aliphatic heterocycles. The Morgan fingerprint density at radius 2 is 2.06 bits per heavy atom. The van der Waals surface area contributed by atoms with Crippen LogP contribution in [0.5, 0.6) is 0 Å². The molecule has 1 nitrogen and oxygen atoms in total. The van der Waals surface area contributed by atoms with E-state index in [4.69, 9.17) is 11.6 Å². The number of hydrogen-bond acceptors (Lipinski definition) is 2. The van der Waals surface area contributed by atoms with Crippen LogP contribution in [0, 0.1) is 5.92 Å². The first-order valence-corrected chi connectivity index (χ1v) is 6.22. The number of aryl methyl sites for hydroxylation is 1. The van der Waals surface area contributed by atoms with E-state index in [0.29, 0.717) is 35.0 Å². The fourth-order valence-corrected chi connectivity index (χ4v) is 2.07. The molecule has 0 aliphatic carbocycles. The van der Waals surface area contributed by atoms with Gasteiger partial charge < -0.3 is 0 Å². The maximum Gasteiger partial charge on any atom is 0.443 e. The number of hydrogen-bond donors (Lipinski definition) is 0. The molecule has 1 aromatic heterocycles. The Morgan fingerprint density at radius 1 is 1.44 bits per heavy atom. The standard InChI is InChI=1S/C10H13ClF3NS/c1-6(2)8(11)4-3-7-5-15-9(16-7)10(12,13)14/h5-6,8H,3-4H2,1-2H3. The molecule has 0 aromatic carbocycles. The van der Waals surface area contributed by atoms with Crippen LogP contribution in [-0.4, -0.2) is 10.4 Å². The first-order chi connectivity index (χ1) is 7.30. The zero-order chi connectivity index (χ0) is 12.3. The topological polar surface area (TPSA) is 12.9 Å². The summed E-state index contributed by atoms with van der Waals surface area (Å²) in [4.78, 5) is 4.00. The molecular weight excluding hydrogens is 259 g/mol. The van der Waals surface area contributed by atoms with Crippen molar-refractivity contribution in [2.75, 3.05) is 0 Å². The summed E-state index contributed by atoms with van der Waals surface area (Å²) < 4.78 is 36.8. The van der Waals surface area contributed by atoms with E-state index in [1.807, 2.05) is 13.8 Å². The molecule has 0 fully saturated rings. The van der Waals surface area contributed by atoms with Crippen LogP contribution in [0.2, 0.25) is 0 Å². The molecule has 92 valence electrons. The zero-order valence-electron chi connectivity index (χ0n) is 9.01. The predicted octanol–water partition coefficient (Wildman–Crippen LogP) is 4.36. The van der Waals surface area contributed by atoms with Gasteiger partial charge in [-0.05, 0) is 18.8 Å². The lowest BCUT2D eigenvalue weighted by Crippen LogP contribution is -2.08. The minimum Gasteiger partial charge on any atom is -0.240 e. The van der Waals surface area contributed by atoms with Crippen molar-refractivity contribution in [1.29, 1.82) is 0 Å². The largest absolute Gasteiger partial charge is 0.443 e. The highest BCUT2D eigenvalue weighted by Gasteiger charge is 2.34. The summed E-state index contributed by atoms with van der Waals surface area (Å²) in [6.07, 6.45) is -1.81. The summed E-state index contributed by atoms with van der Waals surface area (Å²) in [7, 11) is 0. The van der Waals surface area contributed by atoms with Crippen molar-refractivity contribution in [3.8, 4) is 0 Å². The molecule has 0 bridgehead atoms. The second-order valence-electron chi connectivity index (χ2n) is 3.93. The monoisotopic (exact) mass is 271 g/mol. The van der Waals surface area contributed by atoms with Crippen LogP contribution in [0.1, 0.15) is 30.2 Å². The van der Waals surface area contributed by atoms with Crippen LogP contribution in [0.3, 0.4) is 0 Å². The number of alkyl halides is 4. The van der Waals surface area contributed by atoms with E-state index in [9.17, 15) is 13.2 Å². The Bertz CT molecular complexity index is 335. The van der Waals surface area contributed by atoms with Crippen LogP contribution < -0.4 is 0 Å². The lowest BCUT2D eigenvalue weighted by atomic mass is 10.1. The van der Waals surface area contributed by atoms with Gasteiger partial charge in [-0.1, -0.05) is 13.8 Å². The van der Waals surface area contributed by atoms with Crippen molar-refractivity contribution in [3.63, 3.8) is 0 Å². The molecule has 0 amide bonds. The van der Waals surface area contributed by atoms with Gasteiger partial charge in [-0.3, -0.25) is 0 Å². The lowest BCUT2D eigenvalue weighted by Gasteiger charge is -2.11. The average Bonchev–Trinajstić information content (AvgIpc) is 2.61. The van der Waals surface area contributed by atoms with E-state index in [1.165, 1.54) is 6.20 Å². The van der Waals surface area contributed by atoms with Crippen molar-refractivity contribution in [1.82, 2.24) is 4.98 Å². The predicted molar refractivity (Wildman–Crippen MR) is 59.9 cm³/mol. The summed E-state index contributed by atoms with van der Waals surface area (Å²) in [6, 6.07) is 0. The van der Waals surface area contributed by atoms with E-state index in [1.54, 1.807) is 0 Å². The number of nitrogens with zero attached hydrogens (tertiary/aromatic N) is 1. The van der Waals surface area contributed by atoms with E-state index in [2.05, 4.69) is 4.98 Å². The summed E-state index contributed by atoms with van der Waals surface area (Å²) in [5, 5.41) is -0.783. The van der Waals surface area contributed by atoms with Gasteiger partial charge in [0.15, 0.2) is 5.01 Å². The molecule has 0 radical (unpaired) electrons. The van der Waals surface area contributed by atoms with Gasteiger partial charge in [-0.2, -0.15) is 13.2 Å². The van der Waals surface area contributed by atoms with Crippen molar-refractivity contribution < 1.29 is 13.2 Å². The van der Waals surface area contributed by atoms with Gasteiger partial charge in [0.2, 0.25) is 0 Å². The summed E-state index contributed by atoms with van der Waals surface area (Å²) in [5.41, 5.74) is 0. The van der Waals surface area contributed by atoms with Crippen molar-refractivity contribution in [2.45, 2.75) is 38.2 Å². The maximum atomic E-state index is 12.3. The van der Waals surface area contributed by atoms with Gasteiger partial charge in [-0.15, -0.1) is 22.9 Å². The Balaban J connectivity index is 2.53. The van der Waals surface area contributed by atoms with Gasteiger partial charge in [0, 0.05) is 16.5 Å². The molecule has 1 unspecified atom stereocenters.